The molecule has 0 saturated carbocycles. The number of hydrogen-bond donors (Lipinski definition) is 0. The summed E-state index contributed by atoms with van der Waals surface area (Å²) in [4.78, 5) is 30.9. The van der Waals surface area contributed by atoms with Crippen LogP contribution in [0, 0.1) is 11.8 Å². The molecule has 3 unspecified atom stereocenters. The van der Waals surface area contributed by atoms with E-state index in [-0.39, 0.29) is 11.9 Å². The van der Waals surface area contributed by atoms with Crippen LogP contribution in [0.15, 0.2) is 40.5 Å². The number of hydrogen-bond acceptors (Lipinski definition) is 6. The molecule has 2 rings (SSSR count). The predicted octanol–water partition coefficient (Wildman–Crippen LogP) is 5.47. The second kappa shape index (κ2) is 12.4. The Labute approximate surface area is 192 Å². The van der Waals surface area contributed by atoms with Gasteiger partial charge in [-0.15, -0.1) is 0 Å². The topological polar surface area (TPSA) is 74.2 Å². The van der Waals surface area contributed by atoms with E-state index in [1.165, 1.54) is 0 Å². The first-order valence-electron chi connectivity index (χ1n) is 11.6. The fourth-order valence-electron chi connectivity index (χ4n) is 4.13. The zero-order valence-electron chi connectivity index (χ0n) is 20.3. The number of carbonyl (C=O) groups is 2. The van der Waals surface area contributed by atoms with Gasteiger partial charge in [-0.25, -0.2) is 4.79 Å². The molecule has 0 bridgehead atoms. The van der Waals surface area contributed by atoms with Gasteiger partial charge in [-0.1, -0.05) is 45.7 Å². The fraction of sp³-hybridized carbons (Fsp3) is 0.577. The van der Waals surface area contributed by atoms with E-state index in [9.17, 15) is 9.59 Å². The summed E-state index contributed by atoms with van der Waals surface area (Å²) in [6, 6.07) is 7.73. The second-order valence-electron chi connectivity index (χ2n) is 8.33. The predicted molar refractivity (Wildman–Crippen MR) is 126 cm³/mol. The van der Waals surface area contributed by atoms with Crippen molar-refractivity contribution in [3.05, 3.63) is 41.1 Å². The molecule has 0 N–H and O–H groups in total. The summed E-state index contributed by atoms with van der Waals surface area (Å²) in [7, 11) is 1.62. The van der Waals surface area contributed by atoms with Crippen LogP contribution in [0.4, 0.5) is 0 Å². The standard InChI is InChI=1S/C26H37NO5/c1-7-9-14-31-25(28)23-18(4)27-19(5)24(26(29)32-15-10-8-2)22(23)17(3)20-12-11-13-21(16-20)30-6/h11-13,16-17,22-23H,7-10,14-15H2,1-6H3. The first-order valence-corrected chi connectivity index (χ1v) is 11.6. The van der Waals surface area contributed by atoms with Gasteiger partial charge in [0.05, 0.1) is 25.9 Å². The molecule has 1 aliphatic rings. The van der Waals surface area contributed by atoms with Gasteiger partial charge in [-0.2, -0.15) is 0 Å². The van der Waals surface area contributed by atoms with Crippen LogP contribution < -0.4 is 4.74 Å². The van der Waals surface area contributed by atoms with Crippen LogP contribution in [0.1, 0.15) is 71.8 Å². The van der Waals surface area contributed by atoms with Crippen molar-refractivity contribution in [1.29, 1.82) is 0 Å². The summed E-state index contributed by atoms with van der Waals surface area (Å²) in [5, 5.41) is 0. The number of carbonyl (C=O) groups excluding carboxylic acids is 2. The van der Waals surface area contributed by atoms with Gasteiger partial charge in [0.25, 0.3) is 0 Å². The van der Waals surface area contributed by atoms with Gasteiger partial charge < -0.3 is 14.2 Å². The molecule has 6 nitrogen and oxygen atoms in total. The number of esters is 2. The number of nitrogens with zero attached hydrogens (tertiary/aromatic N) is 1. The first-order chi connectivity index (χ1) is 15.3. The van der Waals surface area contributed by atoms with Crippen LogP contribution in [-0.2, 0) is 19.1 Å². The maximum atomic E-state index is 13.2. The number of rotatable bonds is 11. The summed E-state index contributed by atoms with van der Waals surface area (Å²) in [6.07, 6.45) is 3.45. The lowest BCUT2D eigenvalue weighted by atomic mass is 9.71. The molecule has 1 heterocycles. The van der Waals surface area contributed by atoms with Crippen molar-refractivity contribution in [2.24, 2.45) is 16.8 Å². The van der Waals surface area contributed by atoms with Crippen molar-refractivity contribution in [3.8, 4) is 5.75 Å². The molecule has 32 heavy (non-hydrogen) atoms. The molecule has 176 valence electrons. The highest BCUT2D eigenvalue weighted by Gasteiger charge is 2.44. The lowest BCUT2D eigenvalue weighted by Crippen LogP contribution is -2.40. The van der Waals surface area contributed by atoms with Gasteiger partial charge in [0.15, 0.2) is 0 Å². The lowest BCUT2D eigenvalue weighted by molar-refractivity contribution is -0.148. The van der Waals surface area contributed by atoms with Crippen LogP contribution in [0.5, 0.6) is 5.75 Å². The Hall–Kier alpha value is -2.63. The van der Waals surface area contributed by atoms with Crippen molar-refractivity contribution < 1.29 is 23.8 Å². The minimum atomic E-state index is -0.648. The Balaban J connectivity index is 2.49. The van der Waals surface area contributed by atoms with Crippen molar-refractivity contribution >= 4 is 17.7 Å². The largest absolute Gasteiger partial charge is 0.497 e. The maximum absolute atomic E-state index is 13.2. The normalized spacial score (nSPS) is 19.2. The maximum Gasteiger partial charge on any atom is 0.336 e. The highest BCUT2D eigenvalue weighted by atomic mass is 16.5. The smallest absolute Gasteiger partial charge is 0.336 e. The molecule has 0 amide bonds. The Kier molecular flexibility index (Phi) is 9.95. The van der Waals surface area contributed by atoms with E-state index in [0.717, 1.165) is 37.0 Å². The highest BCUT2D eigenvalue weighted by molar-refractivity contribution is 6.05. The SMILES string of the molecule is CCCCOC(=O)C1=C(C)N=C(C)C(C(=O)OCCCC)C1C(C)c1cccc(OC)c1. The first kappa shape index (κ1) is 25.6. The highest BCUT2D eigenvalue weighted by Crippen LogP contribution is 2.42. The third kappa shape index (κ3) is 6.21. The molecule has 1 aliphatic heterocycles. The van der Waals surface area contributed by atoms with Crippen LogP contribution in [0.25, 0.3) is 0 Å². The molecule has 0 spiro atoms. The monoisotopic (exact) mass is 443 g/mol. The Morgan fingerprint density at radius 2 is 1.72 bits per heavy atom. The van der Waals surface area contributed by atoms with Crippen molar-refractivity contribution in [3.63, 3.8) is 0 Å². The average Bonchev–Trinajstić information content (AvgIpc) is 2.78. The summed E-state index contributed by atoms with van der Waals surface area (Å²) >= 11 is 0. The molecule has 0 saturated heterocycles. The van der Waals surface area contributed by atoms with E-state index >= 15 is 0 Å². The average molecular weight is 444 g/mol. The van der Waals surface area contributed by atoms with Gasteiger partial charge in [0.2, 0.25) is 0 Å². The van der Waals surface area contributed by atoms with Crippen molar-refractivity contribution in [2.45, 2.75) is 66.2 Å². The molecular formula is C26H37NO5. The number of unbranched alkanes of at least 4 members (excludes halogenated alkanes) is 2. The molecule has 1 aromatic rings. The van der Waals surface area contributed by atoms with Crippen LogP contribution in [-0.4, -0.2) is 38.0 Å². The number of benzene rings is 1. The molecule has 0 radical (unpaired) electrons. The van der Waals surface area contributed by atoms with Gasteiger partial charge >= 0.3 is 11.9 Å². The summed E-state index contributed by atoms with van der Waals surface area (Å²) in [5.74, 6) is -1.27. The van der Waals surface area contributed by atoms with Crippen LogP contribution in [0.3, 0.4) is 0 Å². The lowest BCUT2D eigenvalue weighted by Gasteiger charge is -2.35. The van der Waals surface area contributed by atoms with Gasteiger partial charge in [-0.05, 0) is 50.3 Å². The fourth-order valence-corrected chi connectivity index (χ4v) is 4.13. The molecule has 0 aliphatic carbocycles. The molecule has 0 aromatic heterocycles. The zero-order valence-corrected chi connectivity index (χ0v) is 20.3. The quantitative estimate of drug-likeness (QED) is 0.335. The number of allylic oxidation sites excluding steroid dienone is 1. The Bertz CT molecular complexity index is 858. The number of ether oxygens (including phenoxy) is 3. The van der Waals surface area contributed by atoms with Crippen LogP contribution >= 0.6 is 0 Å². The van der Waals surface area contributed by atoms with E-state index in [1.54, 1.807) is 7.11 Å². The van der Waals surface area contributed by atoms with E-state index < -0.39 is 17.8 Å². The Morgan fingerprint density at radius 3 is 2.34 bits per heavy atom. The summed E-state index contributed by atoms with van der Waals surface area (Å²) in [5.41, 5.74) is 2.69. The van der Waals surface area contributed by atoms with E-state index in [1.807, 2.05) is 58.9 Å². The van der Waals surface area contributed by atoms with Gasteiger partial charge in [-0.3, -0.25) is 9.79 Å². The summed E-state index contributed by atoms with van der Waals surface area (Å²) < 4.78 is 16.6. The Morgan fingerprint density at radius 1 is 1.06 bits per heavy atom. The van der Waals surface area contributed by atoms with E-state index in [0.29, 0.717) is 30.2 Å². The third-order valence-electron chi connectivity index (χ3n) is 5.98. The van der Waals surface area contributed by atoms with E-state index in [2.05, 4.69) is 4.99 Å². The third-order valence-corrected chi connectivity index (χ3v) is 5.98. The summed E-state index contributed by atoms with van der Waals surface area (Å²) in [6.45, 7) is 10.5. The van der Waals surface area contributed by atoms with Gasteiger partial charge in [0.1, 0.15) is 11.7 Å². The number of aliphatic imine (C=N–C) groups is 1. The minimum Gasteiger partial charge on any atom is -0.497 e. The molecule has 6 heteroatoms. The molecule has 1 aromatic carbocycles. The van der Waals surface area contributed by atoms with Crippen molar-refractivity contribution in [2.75, 3.05) is 20.3 Å². The van der Waals surface area contributed by atoms with Crippen LogP contribution in [0.2, 0.25) is 0 Å². The molecule has 3 atom stereocenters. The number of methoxy groups -OCH3 is 1. The molecule has 0 fully saturated rings. The minimum absolute atomic E-state index is 0.164. The second-order valence-corrected chi connectivity index (χ2v) is 8.33. The van der Waals surface area contributed by atoms with E-state index in [4.69, 9.17) is 14.2 Å². The molecular weight excluding hydrogens is 406 g/mol. The zero-order chi connectivity index (χ0) is 23.7. The van der Waals surface area contributed by atoms with Crippen molar-refractivity contribution in [1.82, 2.24) is 0 Å². The van der Waals surface area contributed by atoms with Gasteiger partial charge in [0, 0.05) is 17.3 Å².